The second-order valence-electron chi connectivity index (χ2n) is 5.09. The Labute approximate surface area is 97.2 Å². The molecular weight excluding hydrogens is 206 g/mol. The number of aliphatic hydroxyl groups excluding tert-OH is 1. The minimum absolute atomic E-state index is 0.0245. The number of aliphatic hydroxyl groups is 1. The van der Waals surface area contributed by atoms with E-state index in [0.717, 1.165) is 19.3 Å². The van der Waals surface area contributed by atoms with Crippen LogP contribution in [0.1, 0.15) is 40.0 Å². The molecule has 0 aromatic heterocycles. The number of esters is 1. The molecule has 0 heterocycles. The highest BCUT2D eigenvalue weighted by Gasteiger charge is 2.29. The van der Waals surface area contributed by atoms with Gasteiger partial charge in [-0.2, -0.15) is 0 Å². The zero-order valence-electron chi connectivity index (χ0n) is 10.3. The average molecular weight is 229 g/mol. The van der Waals surface area contributed by atoms with Crippen LogP contribution >= 0.6 is 0 Å². The Morgan fingerprint density at radius 2 is 2.00 bits per heavy atom. The van der Waals surface area contributed by atoms with Crippen molar-refractivity contribution < 1.29 is 14.6 Å². The van der Waals surface area contributed by atoms with E-state index in [1.807, 2.05) is 0 Å². The van der Waals surface area contributed by atoms with Crippen LogP contribution in [-0.2, 0) is 9.53 Å². The highest BCUT2D eigenvalue weighted by atomic mass is 16.5. The van der Waals surface area contributed by atoms with Crippen molar-refractivity contribution in [2.24, 2.45) is 17.6 Å². The molecule has 4 heteroatoms. The van der Waals surface area contributed by atoms with Gasteiger partial charge in [0.05, 0.1) is 6.10 Å². The topological polar surface area (TPSA) is 72.5 Å². The third-order valence-electron chi connectivity index (χ3n) is 3.62. The third kappa shape index (κ3) is 3.46. The highest BCUT2D eigenvalue weighted by molar-refractivity contribution is 5.76. The highest BCUT2D eigenvalue weighted by Crippen LogP contribution is 2.31. The average Bonchev–Trinajstić information content (AvgIpc) is 2.22. The quantitative estimate of drug-likeness (QED) is 0.710. The monoisotopic (exact) mass is 229 g/mol. The molecule has 0 aromatic carbocycles. The van der Waals surface area contributed by atoms with Crippen molar-refractivity contribution in [1.29, 1.82) is 0 Å². The van der Waals surface area contributed by atoms with Gasteiger partial charge in [-0.25, -0.2) is 0 Å². The number of hydrogen-bond donors (Lipinski definition) is 2. The Bertz CT molecular complexity index is 242. The summed E-state index contributed by atoms with van der Waals surface area (Å²) in [7, 11) is 0. The molecule has 94 valence electrons. The molecule has 5 atom stereocenters. The van der Waals surface area contributed by atoms with Crippen LogP contribution in [0.5, 0.6) is 0 Å². The van der Waals surface area contributed by atoms with Crippen molar-refractivity contribution in [3.8, 4) is 0 Å². The first kappa shape index (κ1) is 13.5. The Morgan fingerprint density at radius 3 is 2.50 bits per heavy atom. The Hall–Kier alpha value is -0.610. The third-order valence-corrected chi connectivity index (χ3v) is 3.62. The van der Waals surface area contributed by atoms with Crippen molar-refractivity contribution >= 4 is 5.97 Å². The summed E-state index contributed by atoms with van der Waals surface area (Å²) in [6, 6.07) is -0.922. The molecule has 0 radical (unpaired) electrons. The largest absolute Gasteiger partial charge is 0.461 e. The molecule has 1 fully saturated rings. The maximum atomic E-state index is 11.5. The Balaban J connectivity index is 2.40. The second-order valence-corrected chi connectivity index (χ2v) is 5.09. The minimum atomic E-state index is -0.922. The number of ether oxygens (including phenoxy) is 1. The lowest BCUT2D eigenvalue weighted by molar-refractivity contribution is -0.155. The van der Waals surface area contributed by atoms with Gasteiger partial charge in [-0.15, -0.1) is 0 Å². The van der Waals surface area contributed by atoms with Crippen molar-refractivity contribution in [3.63, 3.8) is 0 Å². The number of hydrogen-bond acceptors (Lipinski definition) is 4. The molecule has 0 bridgehead atoms. The number of carbonyl (C=O) groups excluding carboxylic acids is 1. The van der Waals surface area contributed by atoms with E-state index in [1.165, 1.54) is 6.92 Å². The van der Waals surface area contributed by atoms with Crippen LogP contribution in [0.15, 0.2) is 0 Å². The Kier molecular flexibility index (Phi) is 4.74. The SMILES string of the molecule is CC(O)C(N)C(=O)OC1CCC(C)C(C)C1. The van der Waals surface area contributed by atoms with E-state index in [0.29, 0.717) is 11.8 Å². The predicted molar refractivity (Wildman–Crippen MR) is 61.7 cm³/mol. The summed E-state index contributed by atoms with van der Waals surface area (Å²) in [4.78, 5) is 11.5. The maximum absolute atomic E-state index is 11.5. The molecule has 0 amide bonds. The van der Waals surface area contributed by atoms with Gasteiger partial charge in [0.2, 0.25) is 0 Å². The van der Waals surface area contributed by atoms with E-state index in [2.05, 4.69) is 13.8 Å². The van der Waals surface area contributed by atoms with Crippen LogP contribution in [0.4, 0.5) is 0 Å². The molecule has 16 heavy (non-hydrogen) atoms. The van der Waals surface area contributed by atoms with Gasteiger partial charge in [0.1, 0.15) is 12.1 Å². The summed E-state index contributed by atoms with van der Waals surface area (Å²) in [5.41, 5.74) is 5.51. The molecule has 0 aromatic rings. The first-order valence-electron chi connectivity index (χ1n) is 6.06. The van der Waals surface area contributed by atoms with E-state index < -0.39 is 18.1 Å². The first-order valence-corrected chi connectivity index (χ1v) is 6.06. The summed E-state index contributed by atoms with van der Waals surface area (Å²) in [6.45, 7) is 5.90. The van der Waals surface area contributed by atoms with Gasteiger partial charge < -0.3 is 15.6 Å². The molecule has 1 aliphatic carbocycles. The number of carbonyl (C=O) groups is 1. The van der Waals surface area contributed by atoms with Gasteiger partial charge >= 0.3 is 5.97 Å². The molecule has 4 nitrogen and oxygen atoms in total. The summed E-state index contributed by atoms with van der Waals surface area (Å²) >= 11 is 0. The Morgan fingerprint density at radius 1 is 1.38 bits per heavy atom. The lowest BCUT2D eigenvalue weighted by Gasteiger charge is -2.32. The maximum Gasteiger partial charge on any atom is 0.325 e. The van der Waals surface area contributed by atoms with Gasteiger partial charge in [-0.3, -0.25) is 4.79 Å². The van der Waals surface area contributed by atoms with Gasteiger partial charge in [0.25, 0.3) is 0 Å². The lowest BCUT2D eigenvalue weighted by Crippen LogP contribution is -2.43. The minimum Gasteiger partial charge on any atom is -0.461 e. The summed E-state index contributed by atoms with van der Waals surface area (Å²) < 4.78 is 5.31. The van der Waals surface area contributed by atoms with Gasteiger partial charge in [-0.1, -0.05) is 13.8 Å². The fourth-order valence-corrected chi connectivity index (χ4v) is 2.04. The molecular formula is C12H23NO3. The number of rotatable bonds is 3. The molecule has 5 unspecified atom stereocenters. The fraction of sp³-hybridized carbons (Fsp3) is 0.917. The summed E-state index contributed by atoms with van der Waals surface area (Å²) in [5.74, 6) is 0.788. The summed E-state index contributed by atoms with van der Waals surface area (Å²) in [6.07, 6.45) is 2.02. The zero-order valence-corrected chi connectivity index (χ0v) is 10.3. The molecule has 1 aliphatic rings. The fourth-order valence-electron chi connectivity index (χ4n) is 2.04. The van der Waals surface area contributed by atoms with E-state index in [4.69, 9.17) is 10.5 Å². The first-order chi connectivity index (χ1) is 7.41. The van der Waals surface area contributed by atoms with Crippen LogP contribution < -0.4 is 5.73 Å². The van der Waals surface area contributed by atoms with Gasteiger partial charge in [-0.05, 0) is 38.0 Å². The van der Waals surface area contributed by atoms with E-state index in [9.17, 15) is 9.90 Å². The smallest absolute Gasteiger partial charge is 0.325 e. The molecule has 1 rings (SSSR count). The molecule has 3 N–H and O–H groups in total. The zero-order chi connectivity index (χ0) is 12.3. The predicted octanol–water partition coefficient (Wildman–Crippen LogP) is 1.06. The standard InChI is InChI=1S/C12H23NO3/c1-7-4-5-10(6-8(7)2)16-12(15)11(13)9(3)14/h7-11,14H,4-6,13H2,1-3H3. The molecule has 0 spiro atoms. The van der Waals surface area contributed by atoms with Crippen LogP contribution in [0.3, 0.4) is 0 Å². The van der Waals surface area contributed by atoms with Crippen LogP contribution in [-0.4, -0.2) is 29.3 Å². The lowest BCUT2D eigenvalue weighted by atomic mass is 9.80. The van der Waals surface area contributed by atoms with E-state index >= 15 is 0 Å². The molecule has 1 saturated carbocycles. The molecule has 0 saturated heterocycles. The van der Waals surface area contributed by atoms with Gasteiger partial charge in [0.15, 0.2) is 0 Å². The van der Waals surface area contributed by atoms with E-state index in [-0.39, 0.29) is 6.10 Å². The number of nitrogens with two attached hydrogens (primary N) is 1. The van der Waals surface area contributed by atoms with Crippen LogP contribution in [0.25, 0.3) is 0 Å². The summed E-state index contributed by atoms with van der Waals surface area (Å²) in [5, 5.41) is 9.19. The van der Waals surface area contributed by atoms with E-state index in [1.54, 1.807) is 0 Å². The second kappa shape index (κ2) is 5.64. The molecule has 0 aliphatic heterocycles. The van der Waals surface area contributed by atoms with Gasteiger partial charge in [0, 0.05) is 0 Å². The van der Waals surface area contributed by atoms with Crippen LogP contribution in [0.2, 0.25) is 0 Å². The van der Waals surface area contributed by atoms with Crippen LogP contribution in [0, 0.1) is 11.8 Å². The normalized spacial score (nSPS) is 34.2. The van der Waals surface area contributed by atoms with Crippen molar-refractivity contribution in [2.45, 2.75) is 58.3 Å². The van der Waals surface area contributed by atoms with Crippen molar-refractivity contribution in [2.75, 3.05) is 0 Å². The van der Waals surface area contributed by atoms with Crippen molar-refractivity contribution in [3.05, 3.63) is 0 Å². The van der Waals surface area contributed by atoms with Crippen molar-refractivity contribution in [1.82, 2.24) is 0 Å².